The number of benzene rings is 2. The lowest BCUT2D eigenvalue weighted by atomic mass is 10.1. The number of hydrogen-bond donors (Lipinski definition) is 1. The summed E-state index contributed by atoms with van der Waals surface area (Å²) in [5, 5.41) is 2.96. The van der Waals surface area contributed by atoms with Crippen molar-refractivity contribution in [1.29, 1.82) is 0 Å². The Bertz CT molecular complexity index is 795. The van der Waals surface area contributed by atoms with Crippen LogP contribution in [-0.2, 0) is 6.54 Å². The highest BCUT2D eigenvalue weighted by Crippen LogP contribution is 2.18. The second kappa shape index (κ2) is 6.88. The highest BCUT2D eigenvalue weighted by molar-refractivity contribution is 5.94. The van der Waals surface area contributed by atoms with Gasteiger partial charge in [-0.3, -0.25) is 9.78 Å². The van der Waals surface area contributed by atoms with Gasteiger partial charge in [0.2, 0.25) is 0 Å². The van der Waals surface area contributed by atoms with Crippen LogP contribution in [0.4, 0.5) is 0 Å². The molecule has 1 heterocycles. The van der Waals surface area contributed by atoms with E-state index in [1.165, 1.54) is 5.56 Å². The molecule has 0 bridgehead atoms. The number of carbonyl (C=O) groups excluding carboxylic acids is 1. The molecule has 0 saturated carbocycles. The van der Waals surface area contributed by atoms with Gasteiger partial charge in [-0.15, -0.1) is 0 Å². The van der Waals surface area contributed by atoms with Crippen LogP contribution in [-0.4, -0.2) is 10.9 Å². The highest BCUT2D eigenvalue weighted by atomic mass is 16.1. The van der Waals surface area contributed by atoms with Gasteiger partial charge in [-0.25, -0.2) is 0 Å². The third-order valence-corrected chi connectivity index (χ3v) is 3.84. The van der Waals surface area contributed by atoms with Crippen molar-refractivity contribution in [3.05, 3.63) is 89.7 Å². The lowest BCUT2D eigenvalue weighted by Crippen LogP contribution is -2.23. The molecule has 0 aliphatic heterocycles. The van der Waals surface area contributed by atoms with Gasteiger partial charge >= 0.3 is 0 Å². The van der Waals surface area contributed by atoms with E-state index in [-0.39, 0.29) is 5.91 Å². The van der Waals surface area contributed by atoms with Gasteiger partial charge < -0.3 is 5.32 Å². The van der Waals surface area contributed by atoms with Gasteiger partial charge in [0.25, 0.3) is 5.91 Å². The molecule has 0 spiro atoms. The molecule has 23 heavy (non-hydrogen) atoms. The summed E-state index contributed by atoms with van der Waals surface area (Å²) in [7, 11) is 0. The molecule has 1 amide bonds. The molecule has 0 unspecified atom stereocenters. The van der Waals surface area contributed by atoms with Crippen LogP contribution in [0.3, 0.4) is 0 Å². The first-order chi connectivity index (χ1) is 11.2. The summed E-state index contributed by atoms with van der Waals surface area (Å²) in [6.07, 6.45) is 3.56. The van der Waals surface area contributed by atoms with E-state index in [0.717, 1.165) is 16.7 Å². The minimum Gasteiger partial charge on any atom is -0.348 e. The van der Waals surface area contributed by atoms with Crippen molar-refractivity contribution in [2.75, 3.05) is 0 Å². The van der Waals surface area contributed by atoms with E-state index < -0.39 is 0 Å². The number of aryl methyl sites for hydroxylation is 1. The number of nitrogens with one attached hydrogen (secondary N) is 1. The molecule has 0 radical (unpaired) electrons. The standard InChI is InChI=1S/C20H18N2O/c1-15-5-2-3-6-18(15)14-22-20(23)17-10-8-16(9-11-17)19-7-4-12-21-13-19/h2-13H,14H2,1H3,(H,22,23). The lowest BCUT2D eigenvalue weighted by molar-refractivity contribution is 0.0951. The van der Waals surface area contributed by atoms with Crippen LogP contribution < -0.4 is 5.32 Å². The maximum Gasteiger partial charge on any atom is 0.251 e. The number of rotatable bonds is 4. The van der Waals surface area contributed by atoms with Crippen molar-refractivity contribution in [2.24, 2.45) is 0 Å². The van der Waals surface area contributed by atoms with E-state index >= 15 is 0 Å². The van der Waals surface area contributed by atoms with Crippen molar-refractivity contribution >= 4 is 5.91 Å². The van der Waals surface area contributed by atoms with Gasteiger partial charge in [-0.05, 0) is 47.4 Å². The zero-order chi connectivity index (χ0) is 16.1. The Morgan fingerprint density at radius 2 is 1.74 bits per heavy atom. The van der Waals surface area contributed by atoms with Crippen LogP contribution in [0.1, 0.15) is 21.5 Å². The second-order valence-electron chi connectivity index (χ2n) is 5.43. The second-order valence-corrected chi connectivity index (χ2v) is 5.43. The monoisotopic (exact) mass is 302 g/mol. The zero-order valence-electron chi connectivity index (χ0n) is 13.0. The van der Waals surface area contributed by atoms with E-state index in [1.54, 1.807) is 6.20 Å². The fourth-order valence-corrected chi connectivity index (χ4v) is 2.43. The molecular weight excluding hydrogens is 284 g/mol. The van der Waals surface area contributed by atoms with E-state index in [4.69, 9.17) is 0 Å². The van der Waals surface area contributed by atoms with Crippen molar-refractivity contribution in [3.63, 3.8) is 0 Å². The molecular formula is C20H18N2O. The Hall–Kier alpha value is -2.94. The van der Waals surface area contributed by atoms with Crippen LogP contribution in [0.15, 0.2) is 73.1 Å². The molecule has 0 fully saturated rings. The maximum atomic E-state index is 12.3. The predicted octanol–water partition coefficient (Wildman–Crippen LogP) is 3.99. The predicted molar refractivity (Wildman–Crippen MR) is 92.0 cm³/mol. The Morgan fingerprint density at radius 1 is 0.957 bits per heavy atom. The fraction of sp³-hybridized carbons (Fsp3) is 0.100. The van der Waals surface area contributed by atoms with Gasteiger partial charge in [0, 0.05) is 24.5 Å². The maximum absolute atomic E-state index is 12.3. The van der Waals surface area contributed by atoms with Crippen molar-refractivity contribution < 1.29 is 4.79 Å². The van der Waals surface area contributed by atoms with Crippen LogP contribution >= 0.6 is 0 Å². The summed E-state index contributed by atoms with van der Waals surface area (Å²) in [4.78, 5) is 16.4. The Kier molecular flexibility index (Phi) is 4.48. The Morgan fingerprint density at radius 3 is 2.43 bits per heavy atom. The third kappa shape index (κ3) is 3.64. The third-order valence-electron chi connectivity index (χ3n) is 3.84. The first kappa shape index (κ1) is 15.0. The molecule has 0 aliphatic rings. The van der Waals surface area contributed by atoms with Gasteiger partial charge in [-0.1, -0.05) is 42.5 Å². The molecule has 3 rings (SSSR count). The number of amides is 1. The zero-order valence-corrected chi connectivity index (χ0v) is 13.0. The van der Waals surface area contributed by atoms with Gasteiger partial charge in [0.15, 0.2) is 0 Å². The van der Waals surface area contributed by atoms with Gasteiger partial charge in [-0.2, -0.15) is 0 Å². The SMILES string of the molecule is Cc1ccccc1CNC(=O)c1ccc(-c2cccnc2)cc1. The van der Waals surface area contributed by atoms with Crippen LogP contribution in [0.5, 0.6) is 0 Å². The molecule has 3 heteroatoms. The molecule has 114 valence electrons. The first-order valence-corrected chi connectivity index (χ1v) is 7.57. The lowest BCUT2D eigenvalue weighted by Gasteiger charge is -2.08. The summed E-state index contributed by atoms with van der Waals surface area (Å²) >= 11 is 0. The average Bonchev–Trinajstić information content (AvgIpc) is 2.62. The van der Waals surface area contributed by atoms with Crippen molar-refractivity contribution in [2.45, 2.75) is 13.5 Å². The highest BCUT2D eigenvalue weighted by Gasteiger charge is 2.06. The normalized spacial score (nSPS) is 10.3. The van der Waals surface area contributed by atoms with Crippen molar-refractivity contribution in [1.82, 2.24) is 10.3 Å². The Labute approximate surface area is 136 Å². The molecule has 1 aromatic heterocycles. The molecule has 0 saturated heterocycles. The number of aromatic nitrogens is 1. The quantitative estimate of drug-likeness (QED) is 0.792. The van der Waals surface area contributed by atoms with Crippen LogP contribution in [0, 0.1) is 6.92 Å². The van der Waals surface area contributed by atoms with Gasteiger partial charge in [0.1, 0.15) is 0 Å². The molecule has 3 aromatic rings. The summed E-state index contributed by atoms with van der Waals surface area (Å²) < 4.78 is 0. The topological polar surface area (TPSA) is 42.0 Å². The smallest absolute Gasteiger partial charge is 0.251 e. The van der Waals surface area contributed by atoms with E-state index in [9.17, 15) is 4.79 Å². The number of pyridine rings is 1. The molecule has 3 nitrogen and oxygen atoms in total. The molecule has 0 aliphatic carbocycles. The number of nitrogens with zero attached hydrogens (tertiary/aromatic N) is 1. The fourth-order valence-electron chi connectivity index (χ4n) is 2.43. The van der Waals surface area contributed by atoms with Crippen LogP contribution in [0.25, 0.3) is 11.1 Å². The summed E-state index contributed by atoms with van der Waals surface area (Å²) in [6.45, 7) is 2.58. The summed E-state index contributed by atoms with van der Waals surface area (Å²) in [5.41, 5.74) is 5.06. The number of carbonyl (C=O) groups is 1. The Balaban J connectivity index is 1.67. The minimum absolute atomic E-state index is 0.0639. The van der Waals surface area contributed by atoms with E-state index in [0.29, 0.717) is 12.1 Å². The largest absolute Gasteiger partial charge is 0.348 e. The first-order valence-electron chi connectivity index (χ1n) is 7.57. The molecule has 0 atom stereocenters. The van der Waals surface area contributed by atoms with E-state index in [2.05, 4.69) is 10.3 Å². The number of hydrogen-bond acceptors (Lipinski definition) is 2. The molecule has 2 aromatic carbocycles. The van der Waals surface area contributed by atoms with Crippen LogP contribution in [0.2, 0.25) is 0 Å². The van der Waals surface area contributed by atoms with Crippen molar-refractivity contribution in [3.8, 4) is 11.1 Å². The summed E-state index contributed by atoms with van der Waals surface area (Å²) in [5.74, 6) is -0.0639. The van der Waals surface area contributed by atoms with E-state index in [1.807, 2.05) is 73.8 Å². The average molecular weight is 302 g/mol. The minimum atomic E-state index is -0.0639. The van der Waals surface area contributed by atoms with Gasteiger partial charge in [0.05, 0.1) is 0 Å². The molecule has 1 N–H and O–H groups in total. The summed E-state index contributed by atoms with van der Waals surface area (Å²) in [6, 6.07) is 19.5.